The van der Waals surface area contributed by atoms with Gasteiger partial charge in [0.05, 0.1) is 12.4 Å². The van der Waals surface area contributed by atoms with Crippen LogP contribution in [0.25, 0.3) is 0 Å². The van der Waals surface area contributed by atoms with Crippen LogP contribution in [0.4, 0.5) is 11.6 Å². The van der Waals surface area contributed by atoms with Crippen LogP contribution in [0.5, 0.6) is 0 Å². The Morgan fingerprint density at radius 2 is 0.962 bits per heavy atom. The van der Waals surface area contributed by atoms with Crippen LogP contribution < -0.4 is 45.4 Å². The summed E-state index contributed by atoms with van der Waals surface area (Å²) in [6, 6.07) is 16.5. The van der Waals surface area contributed by atoms with E-state index in [1.165, 1.54) is 22.3 Å². The zero-order valence-corrected chi connectivity index (χ0v) is 16.5. The largest absolute Gasteiger partial charge is 1.00 e. The molecular formula is C20H24Cl2N4. The summed E-state index contributed by atoms with van der Waals surface area (Å²) in [5.74, 6) is 1.54. The fourth-order valence-electron chi connectivity index (χ4n) is 2.77. The van der Waals surface area contributed by atoms with Crippen LogP contribution in [0, 0.1) is 13.8 Å². The minimum atomic E-state index is 0. The van der Waals surface area contributed by atoms with Gasteiger partial charge >= 0.3 is 0 Å². The molecule has 26 heavy (non-hydrogen) atoms. The molecule has 4 N–H and O–H groups in total. The number of nitrogen functional groups attached to an aromatic ring is 2. The predicted octanol–water partition coefficient (Wildman–Crippen LogP) is -3.85. The molecule has 0 aliphatic heterocycles. The second-order valence-corrected chi connectivity index (χ2v) is 6.33. The highest BCUT2D eigenvalue weighted by atomic mass is 35.5. The number of hydrogen-bond acceptors (Lipinski definition) is 2. The molecule has 1 aromatic carbocycles. The van der Waals surface area contributed by atoms with Crippen LogP contribution in [-0.2, 0) is 13.1 Å². The molecule has 138 valence electrons. The van der Waals surface area contributed by atoms with Gasteiger partial charge in [0.15, 0.2) is 0 Å². The Hall–Kier alpha value is -2.30. The van der Waals surface area contributed by atoms with Gasteiger partial charge in [-0.25, -0.2) is 9.13 Å². The van der Waals surface area contributed by atoms with Crippen molar-refractivity contribution in [2.24, 2.45) is 0 Å². The Balaban J connectivity index is 0.00000169. The third-order valence-corrected chi connectivity index (χ3v) is 4.15. The lowest BCUT2D eigenvalue weighted by atomic mass is 10.1. The van der Waals surface area contributed by atoms with E-state index >= 15 is 0 Å². The van der Waals surface area contributed by atoms with E-state index in [0.717, 1.165) is 24.7 Å². The Labute approximate surface area is 167 Å². The number of rotatable bonds is 4. The second kappa shape index (κ2) is 9.41. The predicted molar refractivity (Wildman–Crippen MR) is 96.2 cm³/mol. The first-order chi connectivity index (χ1) is 11.5. The molecule has 0 saturated heterocycles. The molecule has 3 aromatic rings. The van der Waals surface area contributed by atoms with Crippen LogP contribution in [-0.4, -0.2) is 0 Å². The molecule has 0 aliphatic rings. The summed E-state index contributed by atoms with van der Waals surface area (Å²) in [5, 5.41) is 0. The molecule has 0 bridgehead atoms. The maximum atomic E-state index is 6.05. The maximum Gasteiger partial charge on any atom is 0.272 e. The zero-order valence-electron chi connectivity index (χ0n) is 15.0. The van der Waals surface area contributed by atoms with E-state index in [1.807, 2.05) is 24.3 Å². The second-order valence-electron chi connectivity index (χ2n) is 6.33. The number of aromatic nitrogens is 2. The number of halogens is 2. The molecule has 0 atom stereocenters. The molecule has 4 nitrogen and oxygen atoms in total. The van der Waals surface area contributed by atoms with E-state index < -0.39 is 0 Å². The Morgan fingerprint density at radius 3 is 1.31 bits per heavy atom. The molecule has 0 unspecified atom stereocenters. The first-order valence-corrected chi connectivity index (χ1v) is 8.10. The fourth-order valence-corrected chi connectivity index (χ4v) is 2.77. The highest BCUT2D eigenvalue weighted by Crippen LogP contribution is 2.07. The van der Waals surface area contributed by atoms with Crippen molar-refractivity contribution in [1.29, 1.82) is 0 Å². The van der Waals surface area contributed by atoms with Crippen molar-refractivity contribution in [2.45, 2.75) is 26.9 Å². The average Bonchev–Trinajstić information content (AvgIpc) is 2.56. The summed E-state index contributed by atoms with van der Waals surface area (Å²) in [5.41, 5.74) is 16.9. The topological polar surface area (TPSA) is 59.8 Å². The SMILES string of the molecule is Cc1ccc(N)[n+](Cc2ccc(C[n+]3cc(C)ccc3N)cc2)c1.[Cl-].[Cl-]. The van der Waals surface area contributed by atoms with E-state index in [-0.39, 0.29) is 24.8 Å². The molecule has 0 fully saturated rings. The Morgan fingerprint density at radius 1 is 0.615 bits per heavy atom. The molecule has 0 spiro atoms. The molecule has 0 amide bonds. The van der Waals surface area contributed by atoms with E-state index in [4.69, 9.17) is 11.5 Å². The lowest BCUT2D eigenvalue weighted by Crippen LogP contribution is -3.00. The average molecular weight is 391 g/mol. The van der Waals surface area contributed by atoms with Crippen LogP contribution >= 0.6 is 0 Å². The van der Waals surface area contributed by atoms with Crippen molar-refractivity contribution >= 4 is 11.6 Å². The van der Waals surface area contributed by atoms with Gasteiger partial charge in [0, 0.05) is 12.1 Å². The summed E-state index contributed by atoms with van der Waals surface area (Å²) >= 11 is 0. The van der Waals surface area contributed by atoms with Gasteiger partial charge < -0.3 is 24.8 Å². The molecule has 3 rings (SSSR count). The fraction of sp³-hybridized carbons (Fsp3) is 0.200. The monoisotopic (exact) mass is 390 g/mol. The number of hydrogen-bond donors (Lipinski definition) is 2. The van der Waals surface area contributed by atoms with Gasteiger partial charge in [0.2, 0.25) is 0 Å². The lowest BCUT2D eigenvalue weighted by molar-refractivity contribution is -0.674. The smallest absolute Gasteiger partial charge is 0.272 e. The maximum absolute atomic E-state index is 6.05. The molecular weight excluding hydrogens is 367 g/mol. The normalized spacial score (nSPS) is 9.92. The van der Waals surface area contributed by atoms with Gasteiger partial charge in [-0.15, -0.1) is 0 Å². The van der Waals surface area contributed by atoms with Crippen molar-refractivity contribution < 1.29 is 33.9 Å². The highest BCUT2D eigenvalue weighted by molar-refractivity contribution is 5.26. The Kier molecular flexibility index (Phi) is 7.87. The third kappa shape index (κ3) is 5.35. The van der Waals surface area contributed by atoms with E-state index in [0.29, 0.717) is 0 Å². The number of nitrogens with two attached hydrogens (primary N) is 2. The van der Waals surface area contributed by atoms with Crippen molar-refractivity contribution in [3.05, 3.63) is 83.2 Å². The van der Waals surface area contributed by atoms with Crippen LogP contribution in [0.3, 0.4) is 0 Å². The van der Waals surface area contributed by atoms with Crippen molar-refractivity contribution in [1.82, 2.24) is 0 Å². The molecule has 0 radical (unpaired) electrons. The molecule has 0 saturated carbocycles. The van der Waals surface area contributed by atoms with E-state index in [9.17, 15) is 0 Å². The number of pyridine rings is 2. The highest BCUT2D eigenvalue weighted by Gasteiger charge is 2.08. The van der Waals surface area contributed by atoms with Gasteiger partial charge in [0.1, 0.15) is 13.1 Å². The van der Waals surface area contributed by atoms with Gasteiger partial charge in [-0.1, -0.05) is 24.3 Å². The number of anilines is 2. The number of nitrogens with zero attached hydrogens (tertiary/aromatic N) is 2. The summed E-state index contributed by atoms with van der Waals surface area (Å²) < 4.78 is 4.13. The number of benzene rings is 1. The van der Waals surface area contributed by atoms with Crippen molar-refractivity contribution in [2.75, 3.05) is 11.5 Å². The first-order valence-electron chi connectivity index (χ1n) is 8.10. The van der Waals surface area contributed by atoms with Gasteiger partial charge in [-0.2, -0.15) is 0 Å². The van der Waals surface area contributed by atoms with Crippen molar-refractivity contribution in [3.8, 4) is 0 Å². The number of aryl methyl sites for hydroxylation is 2. The Bertz CT molecular complexity index is 792. The molecule has 6 heteroatoms. The zero-order chi connectivity index (χ0) is 17.1. The van der Waals surface area contributed by atoms with Gasteiger partial charge in [-0.05, 0) is 48.2 Å². The van der Waals surface area contributed by atoms with E-state index in [2.05, 4.69) is 59.6 Å². The molecule has 2 heterocycles. The summed E-state index contributed by atoms with van der Waals surface area (Å²) in [7, 11) is 0. The van der Waals surface area contributed by atoms with Gasteiger partial charge in [0.25, 0.3) is 11.6 Å². The molecule has 2 aromatic heterocycles. The summed E-state index contributed by atoms with van der Waals surface area (Å²) in [6.45, 7) is 5.69. The van der Waals surface area contributed by atoms with Crippen LogP contribution in [0.2, 0.25) is 0 Å². The van der Waals surface area contributed by atoms with Gasteiger partial charge in [-0.3, -0.25) is 11.5 Å². The third-order valence-electron chi connectivity index (χ3n) is 4.15. The van der Waals surface area contributed by atoms with Crippen molar-refractivity contribution in [3.63, 3.8) is 0 Å². The minimum Gasteiger partial charge on any atom is -1.00 e. The van der Waals surface area contributed by atoms with Crippen LogP contribution in [0.15, 0.2) is 60.9 Å². The molecule has 0 aliphatic carbocycles. The lowest BCUT2D eigenvalue weighted by Gasteiger charge is -2.07. The summed E-state index contributed by atoms with van der Waals surface area (Å²) in [6.07, 6.45) is 4.15. The standard InChI is InChI=1S/C20H22N4.2ClH/c1-15-3-9-19(21)23(11-15)13-17-5-7-18(8-6-17)14-24-12-16(2)4-10-20(24)22;;/h3-12,21-22H,13-14H2,1-2H3;2*1H. The van der Waals surface area contributed by atoms with E-state index in [1.54, 1.807) is 0 Å². The van der Waals surface area contributed by atoms with Crippen LogP contribution in [0.1, 0.15) is 22.3 Å². The minimum absolute atomic E-state index is 0. The quantitative estimate of drug-likeness (QED) is 0.448. The first kappa shape index (κ1) is 21.7. The summed E-state index contributed by atoms with van der Waals surface area (Å²) in [4.78, 5) is 0.